The third-order valence-electron chi connectivity index (χ3n) is 3.25. The summed E-state index contributed by atoms with van der Waals surface area (Å²) in [4.78, 5) is 15.5. The van der Waals surface area contributed by atoms with E-state index in [0.717, 1.165) is 31.4 Å². The quantitative estimate of drug-likeness (QED) is 0.769. The number of hydrogen-bond acceptors (Lipinski definition) is 4. The van der Waals surface area contributed by atoms with Gasteiger partial charge in [-0.05, 0) is 44.7 Å². The number of aromatic nitrogens is 1. The highest BCUT2D eigenvalue weighted by Gasteiger charge is 2.28. The second-order valence-electron chi connectivity index (χ2n) is 4.53. The minimum Gasteiger partial charge on any atom is -0.490 e. The number of carbonyl (C=O) groups is 1. The zero-order chi connectivity index (χ0) is 12.8. The summed E-state index contributed by atoms with van der Waals surface area (Å²) >= 11 is 0. The van der Waals surface area contributed by atoms with Crippen LogP contribution in [0.4, 0.5) is 0 Å². The van der Waals surface area contributed by atoms with Gasteiger partial charge in [0.1, 0.15) is 5.75 Å². The van der Waals surface area contributed by atoms with Crippen LogP contribution in [0, 0.1) is 5.92 Å². The highest BCUT2D eigenvalue weighted by Crippen LogP contribution is 2.28. The van der Waals surface area contributed by atoms with Crippen LogP contribution in [-0.2, 0) is 9.53 Å². The van der Waals surface area contributed by atoms with Gasteiger partial charge < -0.3 is 9.47 Å². The summed E-state index contributed by atoms with van der Waals surface area (Å²) < 4.78 is 10.9. The maximum atomic E-state index is 11.6. The summed E-state index contributed by atoms with van der Waals surface area (Å²) in [5.74, 6) is 0.853. The third-order valence-corrected chi connectivity index (χ3v) is 3.25. The summed E-state index contributed by atoms with van der Waals surface area (Å²) in [6.07, 6.45) is 7.18. The highest BCUT2D eigenvalue weighted by atomic mass is 16.5. The minimum atomic E-state index is -0.0557. The van der Waals surface area contributed by atoms with Gasteiger partial charge in [0.25, 0.3) is 0 Å². The molecular weight excluding hydrogens is 230 g/mol. The van der Waals surface area contributed by atoms with E-state index >= 15 is 0 Å². The first-order valence-corrected chi connectivity index (χ1v) is 6.53. The molecule has 0 aromatic carbocycles. The van der Waals surface area contributed by atoms with E-state index in [1.807, 2.05) is 19.1 Å². The molecule has 0 unspecified atom stereocenters. The van der Waals surface area contributed by atoms with Crippen LogP contribution in [0.25, 0.3) is 0 Å². The molecule has 0 aliphatic heterocycles. The molecule has 2 rings (SSSR count). The molecule has 0 radical (unpaired) electrons. The zero-order valence-corrected chi connectivity index (χ0v) is 10.7. The summed E-state index contributed by atoms with van der Waals surface area (Å²) in [5, 5.41) is 0. The average Bonchev–Trinajstić information content (AvgIpc) is 2.41. The number of hydrogen-bond donors (Lipinski definition) is 0. The smallest absolute Gasteiger partial charge is 0.308 e. The summed E-state index contributed by atoms with van der Waals surface area (Å²) in [5.41, 5.74) is 0. The van der Waals surface area contributed by atoms with Crippen molar-refractivity contribution < 1.29 is 14.3 Å². The van der Waals surface area contributed by atoms with Gasteiger partial charge >= 0.3 is 5.97 Å². The molecule has 0 spiro atoms. The topological polar surface area (TPSA) is 48.4 Å². The molecule has 1 heterocycles. The van der Waals surface area contributed by atoms with Crippen LogP contribution >= 0.6 is 0 Å². The van der Waals surface area contributed by atoms with E-state index in [1.54, 1.807) is 12.4 Å². The Kier molecular flexibility index (Phi) is 4.56. The molecule has 0 amide bonds. The second kappa shape index (κ2) is 6.38. The molecule has 1 saturated carbocycles. The van der Waals surface area contributed by atoms with Crippen LogP contribution in [0.5, 0.6) is 5.75 Å². The zero-order valence-electron chi connectivity index (χ0n) is 10.7. The van der Waals surface area contributed by atoms with Gasteiger partial charge in [-0.15, -0.1) is 0 Å². The first kappa shape index (κ1) is 12.9. The highest BCUT2D eigenvalue weighted by molar-refractivity contribution is 5.72. The van der Waals surface area contributed by atoms with E-state index in [2.05, 4.69) is 4.98 Å². The van der Waals surface area contributed by atoms with Gasteiger partial charge in [0.15, 0.2) is 0 Å². The lowest BCUT2D eigenvalue weighted by molar-refractivity contribution is -0.149. The number of carbonyl (C=O) groups excluding carboxylic acids is 1. The second-order valence-corrected chi connectivity index (χ2v) is 4.53. The molecule has 0 N–H and O–H groups in total. The Morgan fingerprint density at radius 1 is 1.28 bits per heavy atom. The van der Waals surface area contributed by atoms with Crippen molar-refractivity contribution in [2.45, 2.75) is 38.7 Å². The Hall–Kier alpha value is -1.58. The van der Waals surface area contributed by atoms with E-state index in [4.69, 9.17) is 9.47 Å². The lowest BCUT2D eigenvalue weighted by Crippen LogP contribution is -2.29. The first-order valence-electron chi connectivity index (χ1n) is 6.53. The van der Waals surface area contributed by atoms with Crippen LogP contribution in [0.15, 0.2) is 24.5 Å². The largest absolute Gasteiger partial charge is 0.490 e. The van der Waals surface area contributed by atoms with Gasteiger partial charge in [-0.3, -0.25) is 9.78 Å². The van der Waals surface area contributed by atoms with Crippen LogP contribution in [0.1, 0.15) is 32.6 Å². The molecule has 18 heavy (non-hydrogen) atoms. The summed E-state index contributed by atoms with van der Waals surface area (Å²) in [6.45, 7) is 2.31. The fourth-order valence-corrected chi connectivity index (χ4v) is 2.29. The average molecular weight is 249 g/mol. The normalized spacial score (nSPS) is 23.4. The molecule has 1 fully saturated rings. The maximum absolute atomic E-state index is 11.6. The lowest BCUT2D eigenvalue weighted by atomic mass is 9.87. The van der Waals surface area contributed by atoms with Crippen LogP contribution in [-0.4, -0.2) is 23.7 Å². The van der Waals surface area contributed by atoms with Gasteiger partial charge in [0.2, 0.25) is 0 Å². The lowest BCUT2D eigenvalue weighted by Gasteiger charge is -2.27. The van der Waals surface area contributed by atoms with Crippen molar-refractivity contribution in [3.8, 4) is 5.75 Å². The molecule has 1 aliphatic carbocycles. The van der Waals surface area contributed by atoms with Gasteiger partial charge in [-0.25, -0.2) is 0 Å². The molecule has 1 aliphatic rings. The van der Waals surface area contributed by atoms with Crippen LogP contribution < -0.4 is 4.74 Å². The van der Waals surface area contributed by atoms with Crippen molar-refractivity contribution >= 4 is 5.97 Å². The number of nitrogens with zero attached hydrogens (tertiary/aromatic N) is 1. The van der Waals surface area contributed by atoms with Crippen molar-refractivity contribution in [3.05, 3.63) is 24.5 Å². The standard InChI is InChI=1S/C14H19NO3/c1-2-17-14(16)11-3-5-12(6-4-11)18-13-7-9-15-10-8-13/h7-12H,2-6H2,1H3/t11-,12-. The van der Waals surface area contributed by atoms with Crippen molar-refractivity contribution in [2.75, 3.05) is 6.61 Å². The molecule has 1 aromatic rings. The molecule has 0 saturated heterocycles. The molecule has 0 atom stereocenters. The minimum absolute atomic E-state index is 0.0557. The number of ether oxygens (including phenoxy) is 2. The number of pyridine rings is 1. The molecule has 1 aromatic heterocycles. The van der Waals surface area contributed by atoms with Crippen LogP contribution in [0.2, 0.25) is 0 Å². The predicted molar refractivity (Wildman–Crippen MR) is 67.2 cm³/mol. The fraction of sp³-hybridized carbons (Fsp3) is 0.571. The van der Waals surface area contributed by atoms with Crippen molar-refractivity contribution in [3.63, 3.8) is 0 Å². The Labute approximate surface area is 107 Å². The van der Waals surface area contributed by atoms with Gasteiger partial charge in [0, 0.05) is 12.4 Å². The summed E-state index contributed by atoms with van der Waals surface area (Å²) in [7, 11) is 0. The number of rotatable bonds is 4. The van der Waals surface area contributed by atoms with E-state index in [0.29, 0.717) is 6.61 Å². The molecule has 98 valence electrons. The van der Waals surface area contributed by atoms with Gasteiger partial charge in [-0.1, -0.05) is 0 Å². The van der Waals surface area contributed by atoms with Crippen molar-refractivity contribution in [2.24, 2.45) is 5.92 Å². The Bertz CT molecular complexity index is 372. The fourth-order valence-electron chi connectivity index (χ4n) is 2.29. The molecule has 4 nitrogen and oxygen atoms in total. The Morgan fingerprint density at radius 2 is 1.94 bits per heavy atom. The van der Waals surface area contributed by atoms with Gasteiger partial charge in [-0.2, -0.15) is 0 Å². The predicted octanol–water partition coefficient (Wildman–Crippen LogP) is 2.58. The van der Waals surface area contributed by atoms with E-state index < -0.39 is 0 Å². The maximum Gasteiger partial charge on any atom is 0.308 e. The van der Waals surface area contributed by atoms with Crippen molar-refractivity contribution in [1.82, 2.24) is 4.98 Å². The van der Waals surface area contributed by atoms with E-state index in [9.17, 15) is 4.79 Å². The number of esters is 1. The molecular formula is C14H19NO3. The SMILES string of the molecule is CCOC(=O)[C@H]1CC[C@H](Oc2ccncc2)CC1. The Morgan fingerprint density at radius 3 is 2.56 bits per heavy atom. The Balaban J connectivity index is 1.78. The van der Waals surface area contributed by atoms with E-state index in [-0.39, 0.29) is 18.0 Å². The van der Waals surface area contributed by atoms with Gasteiger partial charge in [0.05, 0.1) is 18.6 Å². The summed E-state index contributed by atoms with van der Waals surface area (Å²) in [6, 6.07) is 3.72. The third kappa shape index (κ3) is 3.45. The van der Waals surface area contributed by atoms with E-state index in [1.165, 1.54) is 0 Å². The molecule has 0 bridgehead atoms. The molecule has 4 heteroatoms. The first-order chi connectivity index (χ1) is 8.79. The van der Waals surface area contributed by atoms with Crippen molar-refractivity contribution in [1.29, 1.82) is 0 Å². The monoisotopic (exact) mass is 249 g/mol. The van der Waals surface area contributed by atoms with Crippen LogP contribution in [0.3, 0.4) is 0 Å².